The zero-order chi connectivity index (χ0) is 13.3. The third-order valence-corrected chi connectivity index (χ3v) is 2.96. The first-order valence-electron chi connectivity index (χ1n) is 5.80. The number of urea groups is 1. The molecule has 0 spiro atoms. The van der Waals surface area contributed by atoms with Crippen molar-refractivity contribution in [2.75, 3.05) is 12.0 Å². The van der Waals surface area contributed by atoms with E-state index >= 15 is 0 Å². The van der Waals surface area contributed by atoms with Gasteiger partial charge in [0.2, 0.25) is 0 Å². The van der Waals surface area contributed by atoms with Crippen molar-refractivity contribution in [2.24, 2.45) is 0 Å². The van der Waals surface area contributed by atoms with E-state index in [2.05, 4.69) is 10.6 Å². The maximum absolute atomic E-state index is 11.5. The Morgan fingerprint density at radius 2 is 1.94 bits per heavy atom. The lowest BCUT2D eigenvalue weighted by Crippen LogP contribution is -2.48. The summed E-state index contributed by atoms with van der Waals surface area (Å²) in [5.41, 5.74) is 0. The predicted octanol–water partition coefficient (Wildman–Crippen LogP) is 1.68. The Morgan fingerprint density at radius 1 is 1.29 bits per heavy atom. The Bertz CT molecular complexity index is 249. The highest BCUT2D eigenvalue weighted by Gasteiger charge is 2.19. The number of carboxylic acid groups (broad SMARTS) is 1. The summed E-state index contributed by atoms with van der Waals surface area (Å²) in [5, 5.41) is 14.1. The second-order valence-electron chi connectivity index (χ2n) is 3.98. The number of rotatable bonds is 8. The molecule has 0 saturated carbocycles. The lowest BCUT2D eigenvalue weighted by molar-refractivity contribution is -0.139. The van der Waals surface area contributed by atoms with E-state index in [4.69, 9.17) is 5.11 Å². The van der Waals surface area contributed by atoms with Crippen LogP contribution in [0.4, 0.5) is 4.79 Å². The van der Waals surface area contributed by atoms with Crippen LogP contribution in [0.2, 0.25) is 0 Å². The lowest BCUT2D eigenvalue weighted by atomic mass is 10.2. The van der Waals surface area contributed by atoms with Crippen LogP contribution < -0.4 is 10.6 Å². The van der Waals surface area contributed by atoms with E-state index in [1.54, 1.807) is 11.8 Å². The van der Waals surface area contributed by atoms with Crippen LogP contribution in [0.3, 0.4) is 0 Å². The van der Waals surface area contributed by atoms with Crippen LogP contribution in [0.5, 0.6) is 0 Å². The topological polar surface area (TPSA) is 78.4 Å². The molecule has 0 aliphatic rings. The first-order chi connectivity index (χ1) is 8.01. The number of thioether (sulfide) groups is 1. The molecule has 1 unspecified atom stereocenters. The standard InChI is InChI=1S/C11H22N2O3S/c1-4-5-9(10(14)15)13-11(16)12-8(2)6-7-17-3/h8-9H,4-7H2,1-3H3,(H,14,15)(H2,12,13,16)/t8?,9-/m1/s1. The van der Waals surface area contributed by atoms with Crippen LogP contribution >= 0.6 is 11.8 Å². The highest BCUT2D eigenvalue weighted by Crippen LogP contribution is 2.00. The Morgan fingerprint density at radius 3 is 2.41 bits per heavy atom. The predicted molar refractivity (Wildman–Crippen MR) is 70.5 cm³/mol. The number of carboxylic acids is 1. The van der Waals surface area contributed by atoms with E-state index < -0.39 is 18.0 Å². The van der Waals surface area contributed by atoms with Crippen molar-refractivity contribution in [3.05, 3.63) is 0 Å². The summed E-state index contributed by atoms with van der Waals surface area (Å²) in [6.45, 7) is 3.79. The van der Waals surface area contributed by atoms with Crippen molar-refractivity contribution in [3.8, 4) is 0 Å². The summed E-state index contributed by atoms with van der Waals surface area (Å²) in [6, 6.07) is -1.15. The first kappa shape index (κ1) is 16.1. The van der Waals surface area contributed by atoms with Gasteiger partial charge in [-0.2, -0.15) is 11.8 Å². The molecule has 0 aromatic rings. The molecule has 100 valence electrons. The average Bonchev–Trinajstić information content (AvgIpc) is 2.25. The summed E-state index contributed by atoms with van der Waals surface area (Å²) >= 11 is 1.72. The summed E-state index contributed by atoms with van der Waals surface area (Å²) in [5.74, 6) is -0.0163. The minimum atomic E-state index is -0.987. The first-order valence-corrected chi connectivity index (χ1v) is 7.19. The van der Waals surface area contributed by atoms with Gasteiger partial charge in [-0.05, 0) is 31.8 Å². The number of hydrogen-bond donors (Lipinski definition) is 3. The minimum Gasteiger partial charge on any atom is -0.480 e. The molecular formula is C11H22N2O3S. The van der Waals surface area contributed by atoms with Crippen LogP contribution in [0.1, 0.15) is 33.1 Å². The Hall–Kier alpha value is -0.910. The Labute approximate surface area is 107 Å². The fourth-order valence-electron chi connectivity index (χ4n) is 1.34. The average molecular weight is 262 g/mol. The molecule has 0 bridgehead atoms. The van der Waals surface area contributed by atoms with Gasteiger partial charge in [0.25, 0.3) is 0 Å². The molecule has 0 fully saturated rings. The van der Waals surface area contributed by atoms with E-state index in [0.717, 1.165) is 18.6 Å². The number of amides is 2. The van der Waals surface area contributed by atoms with E-state index in [-0.39, 0.29) is 6.04 Å². The fraction of sp³-hybridized carbons (Fsp3) is 0.818. The molecule has 17 heavy (non-hydrogen) atoms. The smallest absolute Gasteiger partial charge is 0.326 e. The zero-order valence-corrected chi connectivity index (χ0v) is 11.5. The van der Waals surface area contributed by atoms with Gasteiger partial charge in [-0.25, -0.2) is 9.59 Å². The van der Waals surface area contributed by atoms with Crippen molar-refractivity contribution in [1.29, 1.82) is 0 Å². The molecule has 0 radical (unpaired) electrons. The van der Waals surface area contributed by atoms with Gasteiger partial charge in [0.05, 0.1) is 0 Å². The van der Waals surface area contributed by atoms with Gasteiger partial charge in [-0.15, -0.1) is 0 Å². The van der Waals surface area contributed by atoms with Gasteiger partial charge in [-0.1, -0.05) is 13.3 Å². The maximum atomic E-state index is 11.5. The van der Waals surface area contributed by atoms with Gasteiger partial charge >= 0.3 is 12.0 Å². The summed E-state index contributed by atoms with van der Waals surface area (Å²) < 4.78 is 0. The Balaban J connectivity index is 4.00. The van der Waals surface area contributed by atoms with Crippen molar-refractivity contribution in [3.63, 3.8) is 0 Å². The van der Waals surface area contributed by atoms with Crippen LogP contribution in [0.25, 0.3) is 0 Å². The third-order valence-electron chi connectivity index (χ3n) is 2.31. The molecule has 0 saturated heterocycles. The zero-order valence-electron chi connectivity index (χ0n) is 10.7. The summed E-state index contributed by atoms with van der Waals surface area (Å²) in [7, 11) is 0. The molecule has 0 rings (SSSR count). The molecule has 3 N–H and O–H groups in total. The molecule has 2 amide bonds. The SMILES string of the molecule is CCC[C@@H](NC(=O)NC(C)CCSC)C(=O)O. The molecule has 0 aromatic heterocycles. The number of carbonyl (C=O) groups is 2. The highest BCUT2D eigenvalue weighted by molar-refractivity contribution is 7.98. The number of carbonyl (C=O) groups excluding carboxylic acids is 1. The molecule has 2 atom stereocenters. The van der Waals surface area contributed by atoms with Crippen molar-refractivity contribution < 1.29 is 14.7 Å². The van der Waals surface area contributed by atoms with E-state index in [9.17, 15) is 9.59 Å². The highest BCUT2D eigenvalue weighted by atomic mass is 32.2. The van der Waals surface area contributed by atoms with Crippen LogP contribution in [-0.2, 0) is 4.79 Å². The van der Waals surface area contributed by atoms with Gasteiger partial charge < -0.3 is 15.7 Å². The molecule has 0 aliphatic heterocycles. The van der Waals surface area contributed by atoms with E-state index in [1.807, 2.05) is 20.1 Å². The fourth-order valence-corrected chi connectivity index (χ4v) is 1.93. The molecule has 0 heterocycles. The normalized spacial score (nSPS) is 13.8. The summed E-state index contributed by atoms with van der Waals surface area (Å²) in [6.07, 6.45) is 4.05. The monoisotopic (exact) mass is 262 g/mol. The molecule has 6 heteroatoms. The largest absolute Gasteiger partial charge is 0.480 e. The number of nitrogens with one attached hydrogen (secondary N) is 2. The van der Waals surface area contributed by atoms with Crippen LogP contribution in [-0.4, -0.2) is 41.2 Å². The van der Waals surface area contributed by atoms with Crippen molar-refractivity contribution in [2.45, 2.75) is 45.2 Å². The molecule has 5 nitrogen and oxygen atoms in total. The molecular weight excluding hydrogens is 240 g/mol. The van der Waals surface area contributed by atoms with Crippen LogP contribution in [0, 0.1) is 0 Å². The lowest BCUT2D eigenvalue weighted by Gasteiger charge is -2.17. The number of aliphatic carboxylic acids is 1. The number of hydrogen-bond acceptors (Lipinski definition) is 3. The van der Waals surface area contributed by atoms with Crippen LogP contribution in [0.15, 0.2) is 0 Å². The van der Waals surface area contributed by atoms with E-state index in [0.29, 0.717) is 6.42 Å². The molecule has 0 aromatic carbocycles. The van der Waals surface area contributed by atoms with Gasteiger partial charge in [-0.3, -0.25) is 0 Å². The van der Waals surface area contributed by atoms with Crippen molar-refractivity contribution in [1.82, 2.24) is 10.6 Å². The minimum absolute atomic E-state index is 0.0542. The maximum Gasteiger partial charge on any atom is 0.326 e. The third kappa shape index (κ3) is 7.90. The van der Waals surface area contributed by atoms with Gasteiger partial charge in [0.1, 0.15) is 6.04 Å². The van der Waals surface area contributed by atoms with Crippen molar-refractivity contribution >= 4 is 23.8 Å². The van der Waals surface area contributed by atoms with E-state index in [1.165, 1.54) is 0 Å². The Kier molecular flexibility index (Phi) is 8.66. The second-order valence-corrected chi connectivity index (χ2v) is 4.97. The second kappa shape index (κ2) is 9.15. The summed E-state index contributed by atoms with van der Waals surface area (Å²) in [4.78, 5) is 22.4. The molecule has 0 aliphatic carbocycles. The van der Waals surface area contributed by atoms with Gasteiger partial charge in [0.15, 0.2) is 0 Å². The van der Waals surface area contributed by atoms with Gasteiger partial charge in [0, 0.05) is 6.04 Å². The quantitative estimate of drug-likeness (QED) is 0.622.